The minimum absolute atomic E-state index is 0.309. The van der Waals surface area contributed by atoms with Gasteiger partial charge in [-0.25, -0.2) is 4.79 Å². The summed E-state index contributed by atoms with van der Waals surface area (Å²) in [6.45, 7) is 2.03. The second-order valence-electron chi connectivity index (χ2n) is 2.63. The van der Waals surface area contributed by atoms with Crippen LogP contribution in [0.3, 0.4) is 0 Å². The van der Waals surface area contributed by atoms with E-state index in [9.17, 15) is 13.6 Å². The quantitative estimate of drug-likeness (QED) is 0.617. The number of esters is 1. The molecule has 0 aliphatic rings. The fraction of sp³-hybridized carbons (Fsp3) is 0.222. The third-order valence-corrected chi connectivity index (χ3v) is 2.00. The van der Waals surface area contributed by atoms with Crippen LogP contribution in [0.5, 0.6) is 0 Å². The molecule has 82 valence electrons. The first-order valence-corrected chi connectivity index (χ1v) is 5.34. The van der Waals surface area contributed by atoms with Gasteiger partial charge in [0.2, 0.25) is 0 Å². The summed E-state index contributed by atoms with van der Waals surface area (Å²) in [5.74, 6) is -0.424. The van der Waals surface area contributed by atoms with Crippen molar-refractivity contribution in [2.75, 3.05) is 11.3 Å². The average Bonchev–Trinajstić information content (AvgIpc) is 2.18. The standard InChI is InChI=1S/C9H11NO4S/c1-2-14-9(11)7-3-5-8(6-4-7)10-15(12)13/h3-6,10H,2H2,1H3,(H,12,13)/p-1. The van der Waals surface area contributed by atoms with Gasteiger partial charge >= 0.3 is 5.97 Å². The van der Waals surface area contributed by atoms with Gasteiger partial charge in [0.15, 0.2) is 0 Å². The van der Waals surface area contributed by atoms with Crippen molar-refractivity contribution in [3.63, 3.8) is 0 Å². The van der Waals surface area contributed by atoms with Crippen LogP contribution in [0.1, 0.15) is 17.3 Å². The van der Waals surface area contributed by atoms with E-state index in [4.69, 9.17) is 4.74 Å². The molecule has 15 heavy (non-hydrogen) atoms. The van der Waals surface area contributed by atoms with E-state index >= 15 is 0 Å². The fourth-order valence-electron chi connectivity index (χ4n) is 0.985. The lowest BCUT2D eigenvalue weighted by molar-refractivity contribution is 0.0526. The summed E-state index contributed by atoms with van der Waals surface area (Å²) in [6, 6.07) is 5.96. The van der Waals surface area contributed by atoms with Crippen molar-refractivity contribution in [3.8, 4) is 0 Å². The Balaban J connectivity index is 2.71. The third kappa shape index (κ3) is 3.69. The van der Waals surface area contributed by atoms with Crippen molar-refractivity contribution in [1.82, 2.24) is 0 Å². The van der Waals surface area contributed by atoms with Gasteiger partial charge in [-0.2, -0.15) is 0 Å². The maximum Gasteiger partial charge on any atom is 0.338 e. The summed E-state index contributed by atoms with van der Waals surface area (Å²) < 4.78 is 27.5. The molecule has 0 bridgehead atoms. The van der Waals surface area contributed by atoms with Crippen LogP contribution in [0.4, 0.5) is 5.69 Å². The highest BCUT2D eigenvalue weighted by Crippen LogP contribution is 2.10. The number of hydrogen-bond acceptors (Lipinski definition) is 4. The van der Waals surface area contributed by atoms with Crippen LogP contribution in [-0.2, 0) is 16.0 Å². The molecule has 0 fully saturated rings. The van der Waals surface area contributed by atoms with Crippen LogP contribution in [-0.4, -0.2) is 21.3 Å². The molecule has 0 aliphatic carbocycles. The zero-order valence-corrected chi connectivity index (χ0v) is 8.87. The molecule has 0 saturated heterocycles. The van der Waals surface area contributed by atoms with Gasteiger partial charge in [-0.3, -0.25) is 4.21 Å². The summed E-state index contributed by atoms with van der Waals surface area (Å²) >= 11 is -2.35. The third-order valence-electron chi connectivity index (χ3n) is 1.60. The number of hydrogen-bond donors (Lipinski definition) is 1. The summed E-state index contributed by atoms with van der Waals surface area (Å²) in [5.41, 5.74) is 0.787. The first-order valence-electron chi connectivity index (χ1n) is 4.26. The Hall–Kier alpha value is -1.40. The number of carbonyl (C=O) groups excluding carboxylic acids is 1. The van der Waals surface area contributed by atoms with Crippen LogP contribution in [0.2, 0.25) is 0 Å². The van der Waals surface area contributed by atoms with E-state index in [1.165, 1.54) is 24.3 Å². The van der Waals surface area contributed by atoms with Crippen molar-refractivity contribution >= 4 is 22.9 Å². The maximum absolute atomic E-state index is 11.2. The summed E-state index contributed by atoms with van der Waals surface area (Å²) in [4.78, 5) is 11.2. The molecule has 0 amide bonds. The molecule has 0 heterocycles. The summed E-state index contributed by atoms with van der Waals surface area (Å²) in [7, 11) is 0. The molecular weight excluding hydrogens is 218 g/mol. The summed E-state index contributed by atoms with van der Waals surface area (Å²) in [5, 5.41) is 0. The molecule has 0 aromatic heterocycles. The predicted octanol–water partition coefficient (Wildman–Crippen LogP) is 1.07. The van der Waals surface area contributed by atoms with Crippen molar-refractivity contribution in [2.45, 2.75) is 6.92 Å². The van der Waals surface area contributed by atoms with Gasteiger partial charge in [0, 0.05) is 17.0 Å². The molecule has 6 heteroatoms. The molecule has 0 spiro atoms. The van der Waals surface area contributed by atoms with Crippen LogP contribution < -0.4 is 4.72 Å². The highest BCUT2D eigenvalue weighted by Gasteiger charge is 2.04. The van der Waals surface area contributed by atoms with E-state index in [1.807, 2.05) is 0 Å². The maximum atomic E-state index is 11.2. The average molecular weight is 228 g/mol. The molecule has 1 rings (SSSR count). The SMILES string of the molecule is CCOC(=O)c1ccc(NS(=O)[O-])cc1. The van der Waals surface area contributed by atoms with E-state index in [1.54, 1.807) is 6.92 Å². The number of ether oxygens (including phenoxy) is 1. The zero-order valence-electron chi connectivity index (χ0n) is 8.06. The predicted molar refractivity (Wildman–Crippen MR) is 54.9 cm³/mol. The van der Waals surface area contributed by atoms with Gasteiger partial charge in [-0.05, 0) is 31.2 Å². The van der Waals surface area contributed by atoms with E-state index in [0.717, 1.165) is 0 Å². The van der Waals surface area contributed by atoms with Gasteiger partial charge in [-0.15, -0.1) is 0 Å². The van der Waals surface area contributed by atoms with E-state index < -0.39 is 17.2 Å². The Labute approximate surface area is 89.9 Å². The Bertz CT molecular complexity index is 363. The van der Waals surface area contributed by atoms with E-state index in [0.29, 0.717) is 17.9 Å². The Morgan fingerprint density at radius 2 is 2.07 bits per heavy atom. The van der Waals surface area contributed by atoms with E-state index in [2.05, 4.69) is 4.72 Å². The Kier molecular flexibility index (Phi) is 4.26. The largest absolute Gasteiger partial charge is 0.755 e. The molecule has 1 aromatic carbocycles. The number of nitrogens with one attached hydrogen (secondary N) is 1. The topological polar surface area (TPSA) is 78.5 Å². The molecule has 1 N–H and O–H groups in total. The van der Waals surface area contributed by atoms with Crippen LogP contribution in [0.15, 0.2) is 24.3 Å². The second-order valence-corrected chi connectivity index (χ2v) is 3.31. The van der Waals surface area contributed by atoms with Crippen molar-refractivity contribution in [3.05, 3.63) is 29.8 Å². The molecule has 1 aromatic rings. The highest BCUT2D eigenvalue weighted by molar-refractivity contribution is 7.80. The molecule has 1 atom stereocenters. The van der Waals surface area contributed by atoms with E-state index in [-0.39, 0.29) is 0 Å². The van der Waals surface area contributed by atoms with Crippen molar-refractivity contribution < 1.29 is 18.3 Å². The normalized spacial score (nSPS) is 11.9. The minimum Gasteiger partial charge on any atom is -0.755 e. The molecule has 0 saturated carbocycles. The monoisotopic (exact) mass is 228 g/mol. The molecule has 1 unspecified atom stereocenters. The Morgan fingerprint density at radius 3 is 2.53 bits per heavy atom. The van der Waals surface area contributed by atoms with Crippen LogP contribution in [0, 0.1) is 0 Å². The van der Waals surface area contributed by atoms with Crippen molar-refractivity contribution in [1.29, 1.82) is 0 Å². The van der Waals surface area contributed by atoms with Crippen molar-refractivity contribution in [2.24, 2.45) is 0 Å². The smallest absolute Gasteiger partial charge is 0.338 e. The lowest BCUT2D eigenvalue weighted by Crippen LogP contribution is -2.05. The molecular formula is C9H10NO4S-. The van der Waals surface area contributed by atoms with Gasteiger partial charge in [0.05, 0.1) is 12.2 Å². The van der Waals surface area contributed by atoms with Gasteiger partial charge < -0.3 is 14.0 Å². The zero-order chi connectivity index (χ0) is 11.3. The number of rotatable bonds is 4. The minimum atomic E-state index is -2.35. The van der Waals surface area contributed by atoms with Gasteiger partial charge in [0.1, 0.15) is 0 Å². The highest BCUT2D eigenvalue weighted by atomic mass is 32.2. The van der Waals surface area contributed by atoms with Gasteiger partial charge in [0.25, 0.3) is 0 Å². The second kappa shape index (κ2) is 5.47. The summed E-state index contributed by atoms with van der Waals surface area (Å²) in [6.07, 6.45) is 0. The van der Waals surface area contributed by atoms with Gasteiger partial charge in [-0.1, -0.05) is 0 Å². The molecule has 5 nitrogen and oxygen atoms in total. The lowest BCUT2D eigenvalue weighted by Gasteiger charge is -2.08. The number of anilines is 1. The number of benzene rings is 1. The first kappa shape index (κ1) is 11.7. The van der Waals surface area contributed by atoms with Crippen LogP contribution in [0.25, 0.3) is 0 Å². The fourth-order valence-corrected chi connectivity index (χ4v) is 1.31. The Morgan fingerprint density at radius 1 is 1.47 bits per heavy atom. The molecule has 0 radical (unpaired) electrons. The molecule has 0 aliphatic heterocycles. The number of carbonyl (C=O) groups is 1. The first-order chi connectivity index (χ1) is 7.13. The van der Waals surface area contributed by atoms with Crippen LogP contribution >= 0.6 is 0 Å². The lowest BCUT2D eigenvalue weighted by atomic mass is 10.2.